The number of carboxylic acid groups (broad SMARTS) is 1. The lowest BCUT2D eigenvalue weighted by atomic mass is 9.85. The summed E-state index contributed by atoms with van der Waals surface area (Å²) in [5.74, 6) is -1.03. The lowest BCUT2D eigenvalue weighted by molar-refractivity contribution is -0.291. The Balaban J connectivity index is 1.37. The summed E-state index contributed by atoms with van der Waals surface area (Å²) < 4.78 is 40.9. The number of anilines is 1. The first kappa shape index (κ1) is 35.0. The van der Waals surface area contributed by atoms with Gasteiger partial charge in [-0.15, -0.1) is 0 Å². The van der Waals surface area contributed by atoms with E-state index in [9.17, 15) is 30.1 Å². The van der Waals surface area contributed by atoms with Gasteiger partial charge in [0.25, 0.3) is 0 Å². The number of aliphatic hydroxyl groups excluding tert-OH is 3. The molecule has 50 heavy (non-hydrogen) atoms. The second-order valence-electron chi connectivity index (χ2n) is 11.9. The second-order valence-corrected chi connectivity index (χ2v) is 11.9. The zero-order chi connectivity index (χ0) is 35.9. The van der Waals surface area contributed by atoms with E-state index in [1.165, 1.54) is 14.2 Å². The van der Waals surface area contributed by atoms with Crippen LogP contribution in [0.15, 0.2) is 48.5 Å². The standard InChI is InChI=1S/C33H37N3O14/c1-44-19-8-7-16-18-12-46-20-10-15(9-17(13-3-5-14(36-43)6-4-13)23(20)27(18)49-28(16)29(19)45-2)47-33-26(42)24(40)25(41)30(50-33)31(32(34)35)48-22(39)11-21(37)38/h3-10,18,24-27,30-33,36,40-43H,11-12,34-35H2,1-2H3,(H,37,38). The topological polar surface area (TPSA) is 264 Å². The van der Waals surface area contributed by atoms with Crippen LogP contribution in [0.25, 0.3) is 11.1 Å². The summed E-state index contributed by atoms with van der Waals surface area (Å²) in [4.78, 5) is 23.2. The van der Waals surface area contributed by atoms with Gasteiger partial charge in [-0.2, -0.15) is 0 Å². The summed E-state index contributed by atoms with van der Waals surface area (Å²) in [6, 6.07) is 13.6. The number of nitrogens with two attached hydrogens (primary N) is 2. The van der Waals surface area contributed by atoms with E-state index in [0.29, 0.717) is 45.4 Å². The third kappa shape index (κ3) is 6.42. The molecule has 3 aromatic carbocycles. The van der Waals surface area contributed by atoms with Crippen LogP contribution in [0.2, 0.25) is 0 Å². The van der Waals surface area contributed by atoms with Crippen LogP contribution in [0, 0.1) is 0 Å². The third-order valence-electron chi connectivity index (χ3n) is 8.81. The van der Waals surface area contributed by atoms with E-state index >= 15 is 0 Å². The Labute approximate surface area is 284 Å². The maximum absolute atomic E-state index is 12.2. The van der Waals surface area contributed by atoms with Crippen LogP contribution >= 0.6 is 0 Å². The van der Waals surface area contributed by atoms with Crippen LogP contribution in [0.1, 0.15) is 29.6 Å². The predicted molar refractivity (Wildman–Crippen MR) is 170 cm³/mol. The van der Waals surface area contributed by atoms with Crippen molar-refractivity contribution in [3.8, 4) is 39.9 Å². The molecule has 3 aliphatic rings. The van der Waals surface area contributed by atoms with Crippen LogP contribution in [-0.4, -0.2) is 101 Å². The Morgan fingerprint density at radius 3 is 2.38 bits per heavy atom. The molecule has 268 valence electrons. The third-order valence-corrected chi connectivity index (χ3v) is 8.81. The fourth-order valence-electron chi connectivity index (χ4n) is 6.42. The number of benzene rings is 3. The zero-order valence-electron chi connectivity index (χ0n) is 26.8. The van der Waals surface area contributed by atoms with Gasteiger partial charge in [-0.25, -0.2) is 0 Å². The van der Waals surface area contributed by atoms with Gasteiger partial charge in [0.15, 0.2) is 17.6 Å². The average Bonchev–Trinajstić information content (AvgIpc) is 3.48. The van der Waals surface area contributed by atoms with Crippen molar-refractivity contribution in [2.45, 2.75) is 61.4 Å². The van der Waals surface area contributed by atoms with E-state index in [0.717, 1.165) is 5.56 Å². The maximum Gasteiger partial charge on any atom is 0.317 e. The number of aliphatic carboxylic acids is 1. The number of carbonyl (C=O) groups excluding carboxylic acids is 1. The lowest BCUT2D eigenvalue weighted by Gasteiger charge is -2.43. The smallest absolute Gasteiger partial charge is 0.317 e. The van der Waals surface area contributed by atoms with E-state index in [-0.39, 0.29) is 18.3 Å². The number of nitrogens with one attached hydrogen (secondary N) is 1. The van der Waals surface area contributed by atoms with Crippen molar-refractivity contribution in [2.24, 2.45) is 11.5 Å². The molecule has 3 aromatic rings. The van der Waals surface area contributed by atoms with Crippen LogP contribution in [-0.2, 0) is 19.1 Å². The van der Waals surface area contributed by atoms with E-state index < -0.39 is 67.4 Å². The Kier molecular flexibility index (Phi) is 9.90. The molecule has 1 fully saturated rings. The molecule has 0 amide bonds. The molecular formula is C33H37N3O14. The molecule has 3 heterocycles. The highest BCUT2D eigenvalue weighted by atomic mass is 16.7. The molecule has 8 unspecified atom stereocenters. The van der Waals surface area contributed by atoms with Gasteiger partial charge in [-0.1, -0.05) is 18.2 Å². The fraction of sp³-hybridized carbons (Fsp3) is 0.394. The first-order valence-corrected chi connectivity index (χ1v) is 15.5. The molecule has 0 aromatic heterocycles. The lowest BCUT2D eigenvalue weighted by Crippen LogP contribution is -2.66. The molecule has 8 atom stereocenters. The molecule has 6 rings (SSSR count). The summed E-state index contributed by atoms with van der Waals surface area (Å²) >= 11 is 0. The van der Waals surface area contributed by atoms with E-state index in [1.807, 2.05) is 6.07 Å². The first-order chi connectivity index (χ1) is 23.9. The minimum absolute atomic E-state index is 0.0965. The zero-order valence-corrected chi connectivity index (χ0v) is 26.8. The number of fused-ring (bicyclic) bond motifs is 5. The highest BCUT2D eigenvalue weighted by molar-refractivity contribution is 5.90. The van der Waals surface area contributed by atoms with Gasteiger partial charge in [-0.3, -0.25) is 20.3 Å². The number of ether oxygens (including phenoxy) is 7. The molecule has 0 radical (unpaired) electrons. The molecule has 0 saturated carbocycles. The fourth-order valence-corrected chi connectivity index (χ4v) is 6.42. The van der Waals surface area contributed by atoms with Crippen LogP contribution in [0.5, 0.6) is 28.7 Å². The summed E-state index contributed by atoms with van der Waals surface area (Å²) in [5.41, 5.74) is 16.9. The van der Waals surface area contributed by atoms with Gasteiger partial charge in [-0.05, 0) is 35.4 Å². The Bertz CT molecular complexity index is 1740. The second kappa shape index (κ2) is 14.2. The molecule has 0 bridgehead atoms. The highest BCUT2D eigenvalue weighted by Gasteiger charge is 2.50. The van der Waals surface area contributed by atoms with Gasteiger partial charge in [0.1, 0.15) is 48.4 Å². The van der Waals surface area contributed by atoms with Crippen molar-refractivity contribution in [1.29, 1.82) is 0 Å². The van der Waals surface area contributed by atoms with E-state index in [4.69, 9.17) is 49.7 Å². The maximum atomic E-state index is 12.2. The molecule has 1 saturated heterocycles. The Morgan fingerprint density at radius 1 is 1.00 bits per heavy atom. The number of rotatable bonds is 11. The SMILES string of the molecule is COc1ccc2c(c1OC)OC1c3c(cc(OC4OC(C(OC(=O)CC(=O)O)C(N)N)C(O)C(O)C4O)cc3-c3ccc(NO)cc3)OCC21. The minimum Gasteiger partial charge on any atom is -0.493 e. The van der Waals surface area contributed by atoms with Crippen molar-refractivity contribution >= 4 is 17.6 Å². The Hall–Kier alpha value is -4.88. The average molecular weight is 700 g/mol. The molecule has 17 nitrogen and oxygen atoms in total. The van der Waals surface area contributed by atoms with Crippen LogP contribution in [0.3, 0.4) is 0 Å². The number of methoxy groups -OCH3 is 2. The molecule has 17 heteroatoms. The highest BCUT2D eigenvalue weighted by Crippen LogP contribution is 2.58. The van der Waals surface area contributed by atoms with Gasteiger partial charge < -0.3 is 65.1 Å². The number of hydrogen-bond acceptors (Lipinski definition) is 16. The number of carboxylic acids is 1. The summed E-state index contributed by atoms with van der Waals surface area (Å²) in [6.45, 7) is 0.212. The molecule has 10 N–H and O–H groups in total. The number of esters is 1. The minimum atomic E-state index is -1.89. The summed E-state index contributed by atoms with van der Waals surface area (Å²) in [6.07, 6.45) is -13.6. The van der Waals surface area contributed by atoms with Crippen molar-refractivity contribution in [3.63, 3.8) is 0 Å². The van der Waals surface area contributed by atoms with Gasteiger partial charge in [0.05, 0.1) is 38.6 Å². The number of hydrogen-bond donors (Lipinski definition) is 8. The van der Waals surface area contributed by atoms with Crippen molar-refractivity contribution in [3.05, 3.63) is 59.7 Å². The number of aliphatic hydroxyl groups is 3. The van der Waals surface area contributed by atoms with Crippen molar-refractivity contribution in [2.75, 3.05) is 26.3 Å². The monoisotopic (exact) mass is 699 g/mol. The summed E-state index contributed by atoms with van der Waals surface area (Å²) in [5, 5.41) is 50.8. The quantitative estimate of drug-likeness (QED) is 0.0589. The Morgan fingerprint density at radius 2 is 1.74 bits per heavy atom. The van der Waals surface area contributed by atoms with Crippen molar-refractivity contribution < 1.29 is 68.4 Å². The molecule has 0 spiro atoms. The van der Waals surface area contributed by atoms with E-state index in [2.05, 4.69) is 5.48 Å². The number of carbonyl (C=O) groups is 2. The van der Waals surface area contributed by atoms with Crippen molar-refractivity contribution in [1.82, 2.24) is 0 Å². The first-order valence-electron chi connectivity index (χ1n) is 15.5. The van der Waals surface area contributed by atoms with Gasteiger partial charge >= 0.3 is 11.9 Å². The molecule has 0 aliphatic carbocycles. The predicted octanol–water partition coefficient (Wildman–Crippen LogP) is 0.598. The van der Waals surface area contributed by atoms with Crippen LogP contribution < -0.4 is 40.6 Å². The molecule has 3 aliphatic heterocycles. The normalized spacial score (nSPS) is 25.6. The molecular weight excluding hydrogens is 662 g/mol. The van der Waals surface area contributed by atoms with E-state index in [1.54, 1.807) is 42.5 Å². The van der Waals surface area contributed by atoms with Crippen LogP contribution in [0.4, 0.5) is 5.69 Å². The summed E-state index contributed by atoms with van der Waals surface area (Å²) in [7, 11) is 3.05. The largest absolute Gasteiger partial charge is 0.493 e. The van der Waals surface area contributed by atoms with Gasteiger partial charge in [0.2, 0.25) is 12.0 Å². The van der Waals surface area contributed by atoms with Gasteiger partial charge in [0, 0.05) is 17.2 Å².